The van der Waals surface area contributed by atoms with Crippen molar-refractivity contribution in [3.8, 4) is 34.5 Å². The maximum atomic E-state index is 6.54. The molecule has 0 aliphatic rings. The Balaban J connectivity index is 0.769. The molecular formula is C80H83NO6. The van der Waals surface area contributed by atoms with Gasteiger partial charge in [0.15, 0.2) is 0 Å². The predicted octanol–water partition coefficient (Wildman–Crippen LogP) is 18.6. The third-order valence-electron chi connectivity index (χ3n) is 17.2. The highest BCUT2D eigenvalue weighted by molar-refractivity contribution is 5.46. The molecule has 0 heterocycles. The van der Waals surface area contributed by atoms with Crippen molar-refractivity contribution >= 4 is 0 Å². The van der Waals surface area contributed by atoms with Crippen molar-refractivity contribution < 1.29 is 28.4 Å². The first-order valence-electron chi connectivity index (χ1n) is 30.9. The molecule has 10 aromatic rings. The van der Waals surface area contributed by atoms with Crippen molar-refractivity contribution in [2.24, 2.45) is 0 Å². The van der Waals surface area contributed by atoms with E-state index in [0.29, 0.717) is 39.6 Å². The van der Waals surface area contributed by atoms with Gasteiger partial charge in [0.2, 0.25) is 0 Å². The highest BCUT2D eigenvalue weighted by Gasteiger charge is 2.32. The van der Waals surface area contributed by atoms with E-state index in [4.69, 9.17) is 28.4 Å². The fourth-order valence-corrected chi connectivity index (χ4v) is 11.7. The summed E-state index contributed by atoms with van der Waals surface area (Å²) in [5.41, 5.74) is 11.2. The van der Waals surface area contributed by atoms with Gasteiger partial charge in [-0.15, -0.1) is 0 Å². The van der Waals surface area contributed by atoms with Crippen LogP contribution in [0.5, 0.6) is 34.5 Å². The van der Waals surface area contributed by atoms with Crippen molar-refractivity contribution in [2.75, 3.05) is 26.8 Å². The Bertz CT molecular complexity index is 3170. The van der Waals surface area contributed by atoms with Crippen LogP contribution in [0.15, 0.2) is 267 Å². The molecule has 0 saturated carbocycles. The first kappa shape index (κ1) is 61.1. The highest BCUT2D eigenvalue weighted by atomic mass is 16.5. The normalized spacial score (nSPS) is 11.6. The molecule has 0 saturated heterocycles. The molecule has 0 unspecified atom stereocenters. The van der Waals surface area contributed by atoms with E-state index in [1.165, 1.54) is 33.4 Å². The lowest BCUT2D eigenvalue weighted by atomic mass is 9.73. The van der Waals surface area contributed by atoms with Crippen LogP contribution < -0.4 is 33.7 Å². The summed E-state index contributed by atoms with van der Waals surface area (Å²) < 4.78 is 37.9. The predicted molar refractivity (Wildman–Crippen MR) is 354 cm³/mol. The quantitative estimate of drug-likeness (QED) is 0.0421. The van der Waals surface area contributed by atoms with Gasteiger partial charge in [0, 0.05) is 16.2 Å². The van der Waals surface area contributed by atoms with Crippen LogP contribution in [0.25, 0.3) is 0 Å². The summed E-state index contributed by atoms with van der Waals surface area (Å²) in [5.74, 6) is 5.13. The molecule has 10 rings (SSSR count). The molecule has 0 bridgehead atoms. The van der Waals surface area contributed by atoms with Gasteiger partial charge in [-0.05, 0) is 181 Å². The molecule has 0 aliphatic carbocycles. The zero-order valence-electron chi connectivity index (χ0n) is 51.0. The second-order valence-electron chi connectivity index (χ2n) is 23.4. The summed E-state index contributed by atoms with van der Waals surface area (Å²) in [7, 11) is 2.02. The first-order chi connectivity index (χ1) is 42.6. The molecule has 1 N–H and O–H groups in total. The minimum absolute atomic E-state index is 0.230. The van der Waals surface area contributed by atoms with Crippen LogP contribution >= 0.6 is 0 Å². The highest BCUT2D eigenvalue weighted by Crippen LogP contribution is 2.42. The summed E-state index contributed by atoms with van der Waals surface area (Å²) in [6.07, 6.45) is 5.47. The minimum atomic E-state index is -0.291. The first-order valence-corrected chi connectivity index (χ1v) is 30.9. The fourth-order valence-electron chi connectivity index (χ4n) is 11.7. The van der Waals surface area contributed by atoms with Gasteiger partial charge >= 0.3 is 0 Å². The molecule has 0 fully saturated rings. The van der Waals surface area contributed by atoms with Gasteiger partial charge in [0.1, 0.15) is 60.9 Å². The zero-order valence-corrected chi connectivity index (χ0v) is 51.0. The smallest absolute Gasteiger partial charge is 0.119 e. The van der Waals surface area contributed by atoms with E-state index >= 15 is 0 Å². The Morgan fingerprint density at radius 2 is 0.460 bits per heavy atom. The molecular weight excluding hydrogens is 1070 g/mol. The fraction of sp³-hybridized carbons (Fsp3) is 0.250. The van der Waals surface area contributed by atoms with Gasteiger partial charge < -0.3 is 33.7 Å². The minimum Gasteiger partial charge on any atom is -0.494 e. The van der Waals surface area contributed by atoms with Crippen LogP contribution in [0, 0.1) is 0 Å². The van der Waals surface area contributed by atoms with Crippen LogP contribution in [0.3, 0.4) is 0 Å². The second kappa shape index (κ2) is 30.3. The maximum Gasteiger partial charge on any atom is 0.119 e. The van der Waals surface area contributed by atoms with Gasteiger partial charge in [0.05, 0.1) is 13.2 Å². The van der Waals surface area contributed by atoms with E-state index in [-0.39, 0.29) is 16.2 Å². The monoisotopic (exact) mass is 1150 g/mol. The number of ether oxygens (including phenoxy) is 6. The number of rotatable bonds is 32. The Morgan fingerprint density at radius 3 is 0.678 bits per heavy atom. The lowest BCUT2D eigenvalue weighted by Crippen LogP contribution is -2.25. The molecule has 0 radical (unpaired) electrons. The number of hydrogen-bond acceptors (Lipinski definition) is 7. The summed E-state index contributed by atoms with van der Waals surface area (Å²) in [6, 6.07) is 93.1. The maximum absolute atomic E-state index is 6.54. The largest absolute Gasteiger partial charge is 0.494 e. The van der Waals surface area contributed by atoms with E-state index < -0.39 is 0 Å². The SMILES string of the molecule is CNCCCC(C)(c1ccc(OCCCC(C)(c2ccc(OCc3ccccc3)cc2)c2ccc(OCc3ccccc3)cc2)cc1)c1ccc(OCCCC(C)(c2ccc(OCc3ccccc3)cc2)c2ccc(OCc3ccccc3)cc2)cc1. The van der Waals surface area contributed by atoms with Crippen LogP contribution in [0.1, 0.15) is 115 Å². The summed E-state index contributed by atoms with van der Waals surface area (Å²) in [4.78, 5) is 0. The standard InChI is InChI=1S/C80H83NO6/c1-78(52-17-55-81-4,66-28-40-72(41-29-66)82-56-18-53-79(2,68-32-44-74(45-33-68)84-58-62-20-9-5-10-21-62)69-34-46-75(47-35-69)85-59-63-22-11-6-12-23-63)67-30-42-73(43-31-67)83-57-19-54-80(3,70-36-48-76(49-37-70)86-60-64-24-13-7-14-25-64)71-38-50-77(51-39-71)87-61-65-26-15-8-16-27-65/h5-16,20-51,81H,17-19,52-61H2,1-4H3. The van der Waals surface area contributed by atoms with Crippen LogP contribution in [-0.2, 0) is 42.7 Å². The molecule has 0 aromatic heterocycles. The van der Waals surface area contributed by atoms with Gasteiger partial charge in [-0.2, -0.15) is 0 Å². The number of nitrogens with one attached hydrogen (secondary N) is 1. The Kier molecular flexibility index (Phi) is 21.3. The summed E-state index contributed by atoms with van der Waals surface area (Å²) in [5, 5.41) is 3.37. The van der Waals surface area contributed by atoms with Gasteiger partial charge in [-0.25, -0.2) is 0 Å². The zero-order chi connectivity index (χ0) is 60.0. The van der Waals surface area contributed by atoms with Gasteiger partial charge in [-0.1, -0.05) is 215 Å². The van der Waals surface area contributed by atoms with Crippen molar-refractivity contribution in [2.45, 2.75) is 102 Å². The average molecular weight is 1150 g/mol. The third kappa shape index (κ3) is 16.7. The van der Waals surface area contributed by atoms with Crippen LogP contribution in [0.4, 0.5) is 0 Å². The molecule has 0 atom stereocenters. The molecule has 7 nitrogen and oxygen atoms in total. The van der Waals surface area contributed by atoms with E-state index in [0.717, 1.165) is 102 Å². The topological polar surface area (TPSA) is 67.4 Å². The van der Waals surface area contributed by atoms with Gasteiger partial charge in [0.25, 0.3) is 0 Å². The molecule has 0 spiro atoms. The molecule has 7 heteroatoms. The van der Waals surface area contributed by atoms with Crippen molar-refractivity contribution in [3.05, 3.63) is 323 Å². The molecule has 87 heavy (non-hydrogen) atoms. The number of hydrogen-bond donors (Lipinski definition) is 1. The Morgan fingerprint density at radius 1 is 0.253 bits per heavy atom. The molecule has 444 valence electrons. The van der Waals surface area contributed by atoms with Crippen molar-refractivity contribution in [1.29, 1.82) is 0 Å². The lowest BCUT2D eigenvalue weighted by Gasteiger charge is -2.32. The van der Waals surface area contributed by atoms with E-state index in [9.17, 15) is 0 Å². The summed E-state index contributed by atoms with van der Waals surface area (Å²) in [6.45, 7) is 11.2. The molecule has 10 aromatic carbocycles. The Hall–Kier alpha value is -9.04. The van der Waals surface area contributed by atoms with E-state index in [1.54, 1.807) is 0 Å². The van der Waals surface area contributed by atoms with Crippen LogP contribution in [-0.4, -0.2) is 26.8 Å². The lowest BCUT2D eigenvalue weighted by molar-refractivity contribution is 0.292. The summed E-state index contributed by atoms with van der Waals surface area (Å²) >= 11 is 0. The molecule has 0 amide bonds. The van der Waals surface area contributed by atoms with Crippen molar-refractivity contribution in [1.82, 2.24) is 5.32 Å². The van der Waals surface area contributed by atoms with Gasteiger partial charge in [-0.3, -0.25) is 0 Å². The number of benzene rings is 10. The van der Waals surface area contributed by atoms with E-state index in [2.05, 4.69) is 220 Å². The van der Waals surface area contributed by atoms with E-state index in [1.807, 2.05) is 79.8 Å². The third-order valence-corrected chi connectivity index (χ3v) is 17.2. The van der Waals surface area contributed by atoms with Crippen LogP contribution in [0.2, 0.25) is 0 Å². The van der Waals surface area contributed by atoms with Crippen molar-refractivity contribution in [3.63, 3.8) is 0 Å². The average Bonchev–Trinajstić information content (AvgIpc) is 2.16. The Labute approximate surface area is 516 Å². The molecule has 0 aliphatic heterocycles. The second-order valence-corrected chi connectivity index (χ2v) is 23.4.